The number of amides is 2. The van der Waals surface area contributed by atoms with Crippen LogP contribution >= 0.6 is 0 Å². The van der Waals surface area contributed by atoms with Crippen molar-refractivity contribution in [1.82, 2.24) is 5.43 Å². The van der Waals surface area contributed by atoms with E-state index >= 15 is 0 Å². The molecule has 0 fully saturated rings. The van der Waals surface area contributed by atoms with Gasteiger partial charge in [-0.05, 0) is 0 Å². The van der Waals surface area contributed by atoms with E-state index in [-0.39, 0.29) is 35.3 Å². The van der Waals surface area contributed by atoms with E-state index in [1.54, 1.807) is 0 Å². The minimum absolute atomic E-state index is 0.0665. The predicted molar refractivity (Wildman–Crippen MR) is 66.1 cm³/mol. The van der Waals surface area contributed by atoms with Gasteiger partial charge in [0.2, 0.25) is 18.3 Å². The van der Waals surface area contributed by atoms with E-state index in [1.807, 2.05) is 5.43 Å². The van der Waals surface area contributed by atoms with Gasteiger partial charge in [0, 0.05) is 6.07 Å². The van der Waals surface area contributed by atoms with Gasteiger partial charge in [0.05, 0.1) is 23.8 Å². The van der Waals surface area contributed by atoms with Gasteiger partial charge in [-0.2, -0.15) is 5.10 Å². The van der Waals surface area contributed by atoms with Crippen LogP contribution in [-0.4, -0.2) is 31.1 Å². The SMILES string of the molecule is COc1c2c(cc(/C=N/NC(N)=O)c1[N+](=O)[O-])OCO2. The zero-order valence-corrected chi connectivity index (χ0v) is 10.3. The summed E-state index contributed by atoms with van der Waals surface area (Å²) in [5.74, 6) is 0.359. The maximum Gasteiger partial charge on any atom is 0.332 e. The van der Waals surface area contributed by atoms with Gasteiger partial charge in [-0.15, -0.1) is 0 Å². The second-order valence-electron chi connectivity index (χ2n) is 3.57. The van der Waals surface area contributed by atoms with E-state index < -0.39 is 11.0 Å². The average Bonchev–Trinajstić information content (AvgIpc) is 2.84. The summed E-state index contributed by atoms with van der Waals surface area (Å²) in [6.45, 7) is -0.0665. The van der Waals surface area contributed by atoms with Gasteiger partial charge in [0.1, 0.15) is 0 Å². The zero-order chi connectivity index (χ0) is 14.7. The van der Waals surface area contributed by atoms with E-state index in [1.165, 1.54) is 13.2 Å². The molecule has 0 aromatic heterocycles. The van der Waals surface area contributed by atoms with Crippen LogP contribution in [0, 0.1) is 10.1 Å². The molecule has 106 valence electrons. The summed E-state index contributed by atoms with van der Waals surface area (Å²) in [5, 5.41) is 14.6. The highest BCUT2D eigenvalue weighted by Gasteiger charge is 2.31. The fourth-order valence-corrected chi connectivity index (χ4v) is 1.66. The largest absolute Gasteiger partial charge is 0.487 e. The molecule has 0 atom stereocenters. The number of nitro groups is 1. The van der Waals surface area contributed by atoms with Crippen LogP contribution in [-0.2, 0) is 0 Å². The molecule has 0 radical (unpaired) electrons. The van der Waals surface area contributed by atoms with Crippen LogP contribution in [0.3, 0.4) is 0 Å². The van der Waals surface area contributed by atoms with E-state index in [4.69, 9.17) is 19.9 Å². The molecule has 10 heteroatoms. The third-order valence-corrected chi connectivity index (χ3v) is 2.39. The van der Waals surface area contributed by atoms with Crippen LogP contribution in [0.4, 0.5) is 10.5 Å². The lowest BCUT2D eigenvalue weighted by molar-refractivity contribution is -0.385. The Bertz CT molecular complexity index is 600. The summed E-state index contributed by atoms with van der Waals surface area (Å²) in [6, 6.07) is 0.464. The number of hydrogen-bond acceptors (Lipinski definition) is 7. The Balaban J connectivity index is 2.52. The number of urea groups is 1. The summed E-state index contributed by atoms with van der Waals surface area (Å²) < 4.78 is 15.3. The number of hydrogen-bond donors (Lipinski definition) is 2. The number of hydrazone groups is 1. The Hall–Kier alpha value is -3.04. The Labute approximate surface area is 112 Å². The van der Waals surface area contributed by atoms with Crippen LogP contribution < -0.4 is 25.4 Å². The third kappa shape index (κ3) is 2.39. The number of methoxy groups -OCH3 is 1. The number of nitrogens with one attached hydrogen (secondary N) is 1. The van der Waals surface area contributed by atoms with Gasteiger partial charge in [-0.1, -0.05) is 0 Å². The molecule has 3 N–H and O–H groups in total. The lowest BCUT2D eigenvalue weighted by atomic mass is 10.1. The molecular weight excluding hydrogens is 272 g/mol. The molecule has 1 aromatic rings. The van der Waals surface area contributed by atoms with Crippen LogP contribution in [0.25, 0.3) is 0 Å². The number of nitrogens with zero attached hydrogens (tertiary/aromatic N) is 2. The minimum atomic E-state index is -0.892. The number of primary amides is 1. The van der Waals surface area contributed by atoms with Crippen molar-refractivity contribution < 1.29 is 23.9 Å². The van der Waals surface area contributed by atoms with Gasteiger partial charge in [0.15, 0.2) is 5.75 Å². The first-order valence-corrected chi connectivity index (χ1v) is 5.28. The van der Waals surface area contributed by atoms with Gasteiger partial charge in [-0.3, -0.25) is 10.1 Å². The van der Waals surface area contributed by atoms with Gasteiger partial charge >= 0.3 is 11.7 Å². The standard InChI is InChI=1S/C10H10N4O6/c1-18-9-7(14(16)17)5(3-12-13-10(11)15)2-6-8(9)20-4-19-6/h2-3H,4H2,1H3,(H3,11,13,15)/b12-3+. The van der Waals surface area contributed by atoms with E-state index in [0.717, 1.165) is 6.21 Å². The summed E-state index contributed by atoms with van der Waals surface area (Å²) in [7, 11) is 1.27. The maximum absolute atomic E-state index is 11.2. The lowest BCUT2D eigenvalue weighted by Crippen LogP contribution is -2.24. The van der Waals surface area contributed by atoms with Crippen molar-refractivity contribution in [2.24, 2.45) is 10.8 Å². The molecule has 0 saturated carbocycles. The Morgan fingerprint density at radius 1 is 1.65 bits per heavy atom. The van der Waals surface area contributed by atoms with Crippen molar-refractivity contribution in [1.29, 1.82) is 0 Å². The topological polar surface area (TPSA) is 138 Å². The fourth-order valence-electron chi connectivity index (χ4n) is 1.66. The highest BCUT2D eigenvalue weighted by Crippen LogP contribution is 2.48. The maximum atomic E-state index is 11.2. The molecule has 2 amide bonds. The summed E-state index contributed by atoms with van der Waals surface area (Å²) in [5.41, 5.74) is 6.49. The minimum Gasteiger partial charge on any atom is -0.487 e. The van der Waals surface area contributed by atoms with Crippen molar-refractivity contribution in [3.8, 4) is 17.2 Å². The number of fused-ring (bicyclic) bond motifs is 1. The van der Waals surface area contributed by atoms with Crippen molar-refractivity contribution in [2.45, 2.75) is 0 Å². The molecule has 1 aliphatic heterocycles. The molecule has 1 heterocycles. The second-order valence-corrected chi connectivity index (χ2v) is 3.57. The van der Waals surface area contributed by atoms with Crippen molar-refractivity contribution in [2.75, 3.05) is 13.9 Å². The molecule has 0 saturated heterocycles. The molecular formula is C10H10N4O6. The monoisotopic (exact) mass is 282 g/mol. The molecule has 0 bridgehead atoms. The van der Waals surface area contributed by atoms with Crippen molar-refractivity contribution in [3.63, 3.8) is 0 Å². The zero-order valence-electron chi connectivity index (χ0n) is 10.3. The summed E-state index contributed by atoms with van der Waals surface area (Å²) in [6.07, 6.45) is 1.06. The molecule has 10 nitrogen and oxygen atoms in total. The average molecular weight is 282 g/mol. The smallest absolute Gasteiger partial charge is 0.332 e. The molecule has 0 unspecified atom stereocenters. The molecule has 20 heavy (non-hydrogen) atoms. The van der Waals surface area contributed by atoms with Crippen LogP contribution in [0.1, 0.15) is 5.56 Å². The van der Waals surface area contributed by atoms with Crippen molar-refractivity contribution >= 4 is 17.9 Å². The number of rotatable bonds is 4. The highest BCUT2D eigenvalue weighted by molar-refractivity contribution is 5.90. The summed E-state index contributed by atoms with van der Waals surface area (Å²) >= 11 is 0. The first-order chi connectivity index (χ1) is 9.54. The third-order valence-electron chi connectivity index (χ3n) is 2.39. The Kier molecular flexibility index (Phi) is 3.55. The number of carbonyl (C=O) groups excluding carboxylic acids is 1. The van der Waals surface area contributed by atoms with E-state index in [0.29, 0.717) is 0 Å². The van der Waals surface area contributed by atoms with Gasteiger partial charge in [-0.25, -0.2) is 10.2 Å². The number of ether oxygens (including phenoxy) is 3. The number of benzene rings is 1. The molecule has 1 aromatic carbocycles. The van der Waals surface area contributed by atoms with Crippen LogP contribution in [0.2, 0.25) is 0 Å². The number of nitro benzene ring substituents is 1. The molecule has 2 rings (SSSR count). The second kappa shape index (κ2) is 5.30. The normalized spacial score (nSPS) is 12.4. The highest BCUT2D eigenvalue weighted by atomic mass is 16.7. The summed E-state index contributed by atoms with van der Waals surface area (Å²) in [4.78, 5) is 21.0. The van der Waals surface area contributed by atoms with Crippen LogP contribution in [0.15, 0.2) is 11.2 Å². The first-order valence-electron chi connectivity index (χ1n) is 5.28. The molecule has 0 spiro atoms. The van der Waals surface area contributed by atoms with Crippen molar-refractivity contribution in [3.05, 3.63) is 21.7 Å². The van der Waals surface area contributed by atoms with Crippen LogP contribution in [0.5, 0.6) is 17.2 Å². The first kappa shape index (κ1) is 13.4. The quantitative estimate of drug-likeness (QED) is 0.463. The Morgan fingerprint density at radius 3 is 3.00 bits per heavy atom. The lowest BCUT2D eigenvalue weighted by Gasteiger charge is -2.07. The van der Waals surface area contributed by atoms with E-state index in [9.17, 15) is 14.9 Å². The number of nitrogens with two attached hydrogens (primary N) is 1. The fraction of sp³-hybridized carbons (Fsp3) is 0.200. The Morgan fingerprint density at radius 2 is 2.40 bits per heavy atom. The predicted octanol–water partition coefficient (Wildman–Crippen LogP) is 0.334. The number of carbonyl (C=O) groups is 1. The van der Waals surface area contributed by atoms with Gasteiger partial charge < -0.3 is 19.9 Å². The molecule has 1 aliphatic rings. The van der Waals surface area contributed by atoms with Gasteiger partial charge in [0.25, 0.3) is 0 Å². The molecule has 0 aliphatic carbocycles. The van der Waals surface area contributed by atoms with E-state index in [2.05, 4.69) is 5.10 Å².